The summed E-state index contributed by atoms with van der Waals surface area (Å²) in [5.74, 6) is 0.347. The fourth-order valence-corrected chi connectivity index (χ4v) is 3.72. The fraction of sp³-hybridized carbons (Fsp3) is 0.545. The van der Waals surface area contributed by atoms with Gasteiger partial charge in [-0.1, -0.05) is 29.3 Å². The van der Waals surface area contributed by atoms with Gasteiger partial charge < -0.3 is 0 Å². The number of hydrogen-bond donors (Lipinski definition) is 1. The van der Waals surface area contributed by atoms with Gasteiger partial charge in [0.05, 0.1) is 0 Å². The van der Waals surface area contributed by atoms with Crippen molar-refractivity contribution in [2.75, 3.05) is 11.9 Å². The Labute approximate surface area is 125 Å². The van der Waals surface area contributed by atoms with Crippen LogP contribution in [0.4, 0.5) is 0 Å². The summed E-state index contributed by atoms with van der Waals surface area (Å²) in [7, 11) is -3.46. The van der Waals surface area contributed by atoms with Crippen LogP contribution in [0, 0.1) is 5.92 Å². The van der Waals surface area contributed by atoms with Crippen molar-refractivity contribution >= 4 is 41.9 Å². The Hall–Kier alpha value is 0.0200. The average Bonchev–Trinajstić information content (AvgIpc) is 2.34. The molecule has 1 heterocycles. The van der Waals surface area contributed by atoms with E-state index in [-0.39, 0.29) is 4.90 Å². The van der Waals surface area contributed by atoms with Crippen molar-refractivity contribution in [1.82, 2.24) is 9.71 Å². The number of halogens is 2. The fourth-order valence-electron chi connectivity index (χ4n) is 1.46. The van der Waals surface area contributed by atoms with E-state index in [0.29, 0.717) is 16.9 Å². The van der Waals surface area contributed by atoms with E-state index in [1.54, 1.807) is 12.3 Å². The van der Waals surface area contributed by atoms with Crippen molar-refractivity contribution in [3.8, 4) is 0 Å². The zero-order valence-electron chi connectivity index (χ0n) is 10.1. The first-order valence-electron chi connectivity index (χ1n) is 5.65. The first-order valence-corrected chi connectivity index (χ1v) is 9.05. The Morgan fingerprint density at radius 1 is 1.44 bits per heavy atom. The highest BCUT2D eigenvalue weighted by Gasteiger charge is 2.16. The molecule has 0 aromatic carbocycles. The van der Waals surface area contributed by atoms with Crippen LogP contribution in [0.1, 0.15) is 19.8 Å². The Balaban J connectivity index is 2.70. The standard InChI is InChI=1S/C11H16Br2N2O2S/c1-2-9(3-4-12)6-15-18(16,17)11-5-10(13)7-14-8-11/h5,7-9,15H,2-4,6H2,1H3. The molecule has 0 saturated heterocycles. The van der Waals surface area contributed by atoms with Gasteiger partial charge in [-0.2, -0.15) is 0 Å². The van der Waals surface area contributed by atoms with E-state index in [9.17, 15) is 8.42 Å². The molecule has 1 N–H and O–H groups in total. The Kier molecular flexibility index (Phi) is 6.76. The second-order valence-corrected chi connectivity index (χ2v) is 7.42. The molecule has 0 aliphatic heterocycles. The molecule has 102 valence electrons. The SMILES string of the molecule is CCC(CCBr)CNS(=O)(=O)c1cncc(Br)c1. The van der Waals surface area contributed by atoms with Gasteiger partial charge in [-0.25, -0.2) is 13.1 Å². The number of nitrogens with one attached hydrogen (secondary N) is 1. The normalized spacial score (nSPS) is 13.5. The van der Waals surface area contributed by atoms with Gasteiger partial charge in [0.1, 0.15) is 4.90 Å². The highest BCUT2D eigenvalue weighted by Crippen LogP contribution is 2.15. The van der Waals surface area contributed by atoms with Crippen LogP contribution in [0.25, 0.3) is 0 Å². The average molecular weight is 400 g/mol. The summed E-state index contributed by atoms with van der Waals surface area (Å²) in [5, 5.41) is 0.881. The first kappa shape index (κ1) is 16.1. The molecular formula is C11H16Br2N2O2S. The summed E-state index contributed by atoms with van der Waals surface area (Å²) < 4.78 is 27.3. The van der Waals surface area contributed by atoms with Crippen molar-refractivity contribution in [3.05, 3.63) is 22.9 Å². The maximum atomic E-state index is 12.0. The minimum atomic E-state index is -3.46. The molecule has 0 saturated carbocycles. The lowest BCUT2D eigenvalue weighted by atomic mass is 10.0. The van der Waals surface area contributed by atoms with Crippen LogP contribution >= 0.6 is 31.9 Å². The molecule has 0 radical (unpaired) electrons. The molecule has 1 rings (SSSR count). The second-order valence-electron chi connectivity index (χ2n) is 3.94. The summed E-state index contributed by atoms with van der Waals surface area (Å²) >= 11 is 6.58. The van der Waals surface area contributed by atoms with E-state index < -0.39 is 10.0 Å². The van der Waals surface area contributed by atoms with E-state index in [1.165, 1.54) is 6.20 Å². The summed E-state index contributed by atoms with van der Waals surface area (Å²) in [4.78, 5) is 4.05. The zero-order valence-corrected chi connectivity index (χ0v) is 14.1. The van der Waals surface area contributed by atoms with Crippen LogP contribution < -0.4 is 4.72 Å². The van der Waals surface area contributed by atoms with Gasteiger partial charge in [-0.15, -0.1) is 0 Å². The van der Waals surface area contributed by atoms with Gasteiger partial charge in [0.2, 0.25) is 10.0 Å². The Morgan fingerprint density at radius 2 is 2.17 bits per heavy atom. The summed E-state index contributed by atoms with van der Waals surface area (Å²) in [6.07, 6.45) is 4.80. The van der Waals surface area contributed by atoms with Crippen LogP contribution in [-0.2, 0) is 10.0 Å². The third-order valence-corrected chi connectivity index (χ3v) is 4.93. The quantitative estimate of drug-likeness (QED) is 0.717. The molecule has 0 aliphatic carbocycles. The topological polar surface area (TPSA) is 59.1 Å². The Bertz CT molecular complexity index is 480. The molecule has 0 amide bonds. The molecule has 0 fully saturated rings. The second kappa shape index (κ2) is 7.57. The molecule has 0 bridgehead atoms. The van der Waals surface area contributed by atoms with Gasteiger partial charge in [-0.3, -0.25) is 4.98 Å². The van der Waals surface area contributed by atoms with Gasteiger partial charge >= 0.3 is 0 Å². The smallest absolute Gasteiger partial charge is 0.242 e. The molecule has 18 heavy (non-hydrogen) atoms. The van der Waals surface area contributed by atoms with E-state index in [4.69, 9.17) is 0 Å². The molecule has 4 nitrogen and oxygen atoms in total. The summed E-state index contributed by atoms with van der Waals surface area (Å²) in [6.45, 7) is 2.51. The molecule has 0 spiro atoms. The molecular weight excluding hydrogens is 384 g/mol. The van der Waals surface area contributed by atoms with Crippen molar-refractivity contribution in [1.29, 1.82) is 0 Å². The van der Waals surface area contributed by atoms with E-state index >= 15 is 0 Å². The first-order chi connectivity index (χ1) is 8.49. The predicted octanol–water partition coefficient (Wildman–Crippen LogP) is 2.93. The van der Waals surface area contributed by atoms with Crippen LogP contribution in [0.3, 0.4) is 0 Å². The van der Waals surface area contributed by atoms with Crippen LogP contribution in [-0.4, -0.2) is 25.3 Å². The number of rotatable bonds is 7. The lowest BCUT2D eigenvalue weighted by Crippen LogP contribution is -2.29. The van der Waals surface area contributed by atoms with Crippen LogP contribution in [0.2, 0.25) is 0 Å². The minimum absolute atomic E-state index is 0.186. The van der Waals surface area contributed by atoms with Crippen molar-refractivity contribution < 1.29 is 8.42 Å². The number of alkyl halides is 1. The van der Waals surface area contributed by atoms with Gasteiger partial charge in [0.15, 0.2) is 0 Å². The van der Waals surface area contributed by atoms with Gasteiger partial charge in [-0.05, 0) is 34.3 Å². The molecule has 1 atom stereocenters. The minimum Gasteiger partial charge on any atom is -0.262 e. The largest absolute Gasteiger partial charge is 0.262 e. The van der Waals surface area contributed by atoms with Gasteiger partial charge in [0.25, 0.3) is 0 Å². The monoisotopic (exact) mass is 398 g/mol. The van der Waals surface area contributed by atoms with E-state index in [0.717, 1.165) is 18.2 Å². The number of pyridine rings is 1. The number of aromatic nitrogens is 1. The van der Waals surface area contributed by atoms with Crippen LogP contribution in [0.15, 0.2) is 27.8 Å². The summed E-state index contributed by atoms with van der Waals surface area (Å²) in [6, 6.07) is 1.54. The number of nitrogens with zero attached hydrogens (tertiary/aromatic N) is 1. The Morgan fingerprint density at radius 3 is 2.72 bits per heavy atom. The lowest BCUT2D eigenvalue weighted by Gasteiger charge is -2.14. The summed E-state index contributed by atoms with van der Waals surface area (Å²) in [5.41, 5.74) is 0. The molecule has 0 aliphatic rings. The maximum absolute atomic E-state index is 12.0. The van der Waals surface area contributed by atoms with Crippen molar-refractivity contribution in [3.63, 3.8) is 0 Å². The van der Waals surface area contributed by atoms with Crippen molar-refractivity contribution in [2.24, 2.45) is 5.92 Å². The van der Waals surface area contributed by atoms with Gasteiger partial charge in [0, 0.05) is 28.7 Å². The van der Waals surface area contributed by atoms with Crippen molar-refractivity contribution in [2.45, 2.75) is 24.7 Å². The number of hydrogen-bond acceptors (Lipinski definition) is 3. The highest BCUT2D eigenvalue weighted by atomic mass is 79.9. The predicted molar refractivity (Wildman–Crippen MR) is 79.3 cm³/mol. The molecule has 1 unspecified atom stereocenters. The maximum Gasteiger partial charge on any atom is 0.242 e. The third-order valence-electron chi connectivity index (χ3n) is 2.65. The highest BCUT2D eigenvalue weighted by molar-refractivity contribution is 9.10. The lowest BCUT2D eigenvalue weighted by molar-refractivity contribution is 0.483. The molecule has 1 aromatic rings. The van der Waals surface area contributed by atoms with E-state index in [1.807, 2.05) is 0 Å². The van der Waals surface area contributed by atoms with E-state index in [2.05, 4.69) is 48.5 Å². The van der Waals surface area contributed by atoms with Crippen LogP contribution in [0.5, 0.6) is 0 Å². The molecule has 7 heteroatoms. The number of sulfonamides is 1. The zero-order chi connectivity index (χ0) is 13.6. The molecule has 1 aromatic heterocycles. The third kappa shape index (κ3) is 4.95.